The predicted molar refractivity (Wildman–Crippen MR) is 50.4 cm³/mol. The molecule has 0 aromatic heterocycles. The zero-order chi connectivity index (χ0) is 9.68. The average Bonchev–Trinajstić information content (AvgIpc) is 2.15. The molecule has 0 bridgehead atoms. The number of hydrogen-bond donors (Lipinski definition) is 1. The highest BCUT2D eigenvalue weighted by Crippen LogP contribution is 2.22. The highest BCUT2D eigenvalue weighted by molar-refractivity contribution is 6.31. The lowest BCUT2D eigenvalue weighted by atomic mass is 10.1. The van der Waals surface area contributed by atoms with E-state index in [9.17, 15) is 5.11 Å². The van der Waals surface area contributed by atoms with Gasteiger partial charge in [-0.25, -0.2) is 0 Å². The van der Waals surface area contributed by atoms with Crippen molar-refractivity contribution in [1.29, 1.82) is 0 Å². The van der Waals surface area contributed by atoms with Gasteiger partial charge in [-0.05, 0) is 17.2 Å². The number of halogens is 1. The van der Waals surface area contributed by atoms with Crippen LogP contribution in [0.15, 0.2) is 29.4 Å². The molecule has 1 atom stereocenters. The molecule has 1 aromatic rings. The van der Waals surface area contributed by atoms with Crippen LogP contribution in [-0.4, -0.2) is 11.7 Å². The van der Waals surface area contributed by atoms with Gasteiger partial charge < -0.3 is 5.11 Å². The number of rotatable bonds is 3. The molecule has 0 aliphatic carbocycles. The fraction of sp³-hybridized carbons (Fsp3) is 0.250. The van der Waals surface area contributed by atoms with Crippen molar-refractivity contribution in [3.8, 4) is 0 Å². The van der Waals surface area contributed by atoms with Gasteiger partial charge in [0.05, 0.1) is 12.6 Å². The van der Waals surface area contributed by atoms with Crippen LogP contribution in [0.3, 0.4) is 0 Å². The molecule has 4 nitrogen and oxygen atoms in total. The molecule has 0 radical (unpaired) electrons. The minimum atomic E-state index is -0.829. The zero-order valence-electron chi connectivity index (χ0n) is 6.76. The molecule has 0 saturated heterocycles. The third-order valence-electron chi connectivity index (χ3n) is 1.58. The second-order valence-corrected chi connectivity index (χ2v) is 2.86. The van der Waals surface area contributed by atoms with Crippen LogP contribution in [0.1, 0.15) is 11.7 Å². The Morgan fingerprint density at radius 3 is 2.85 bits per heavy atom. The zero-order valence-corrected chi connectivity index (χ0v) is 7.52. The number of hydrogen-bond acceptors (Lipinski definition) is 2. The summed E-state index contributed by atoms with van der Waals surface area (Å²) in [6.45, 7) is 0.000231. The van der Waals surface area contributed by atoms with Crippen molar-refractivity contribution in [1.82, 2.24) is 0 Å². The van der Waals surface area contributed by atoms with Crippen LogP contribution >= 0.6 is 11.6 Å². The highest BCUT2D eigenvalue weighted by atomic mass is 35.5. The van der Waals surface area contributed by atoms with E-state index < -0.39 is 6.10 Å². The summed E-state index contributed by atoms with van der Waals surface area (Å²) in [6, 6.07) is 6.91. The second-order valence-electron chi connectivity index (χ2n) is 2.45. The van der Waals surface area contributed by atoms with E-state index in [1.807, 2.05) is 0 Å². The number of aliphatic hydroxyl groups excluding tert-OH is 1. The molecule has 1 rings (SSSR count). The number of azide groups is 1. The van der Waals surface area contributed by atoms with Crippen molar-refractivity contribution in [2.45, 2.75) is 6.10 Å². The van der Waals surface area contributed by atoms with E-state index in [-0.39, 0.29) is 6.54 Å². The lowest BCUT2D eigenvalue weighted by molar-refractivity contribution is 0.187. The summed E-state index contributed by atoms with van der Waals surface area (Å²) in [5.41, 5.74) is 8.63. The van der Waals surface area contributed by atoms with E-state index in [1.54, 1.807) is 24.3 Å². The first-order valence-electron chi connectivity index (χ1n) is 3.69. The molecule has 0 unspecified atom stereocenters. The van der Waals surface area contributed by atoms with E-state index in [4.69, 9.17) is 17.1 Å². The summed E-state index contributed by atoms with van der Waals surface area (Å²) in [6.07, 6.45) is -0.829. The molecule has 13 heavy (non-hydrogen) atoms. The maximum Gasteiger partial charge on any atom is 0.0860 e. The normalized spacial score (nSPS) is 11.8. The Bertz CT molecular complexity index is 336. The first kappa shape index (κ1) is 9.86. The van der Waals surface area contributed by atoms with E-state index in [0.29, 0.717) is 10.6 Å². The standard InChI is InChI=1S/C8H8ClN3O/c9-7-4-2-1-3-6(7)8(13)5-11-12-10/h1-4,8,13H,5H2/t8-/m0/s1. The Hall–Kier alpha value is -1.22. The summed E-state index contributed by atoms with van der Waals surface area (Å²) in [5.74, 6) is 0. The molecule has 1 aromatic carbocycles. The maximum absolute atomic E-state index is 9.48. The van der Waals surface area contributed by atoms with Gasteiger partial charge in [0.2, 0.25) is 0 Å². The predicted octanol–water partition coefficient (Wildman–Crippen LogP) is 2.68. The second kappa shape index (κ2) is 4.72. The van der Waals surface area contributed by atoms with Gasteiger partial charge in [0.15, 0.2) is 0 Å². The average molecular weight is 198 g/mol. The molecule has 5 heteroatoms. The van der Waals surface area contributed by atoms with Gasteiger partial charge in [0.25, 0.3) is 0 Å². The van der Waals surface area contributed by atoms with Crippen LogP contribution < -0.4 is 0 Å². The molecule has 0 amide bonds. The van der Waals surface area contributed by atoms with Gasteiger partial charge in [-0.1, -0.05) is 34.9 Å². The van der Waals surface area contributed by atoms with Gasteiger partial charge in [-0.3, -0.25) is 0 Å². The van der Waals surface area contributed by atoms with Crippen molar-refractivity contribution < 1.29 is 5.11 Å². The maximum atomic E-state index is 9.48. The molecular weight excluding hydrogens is 190 g/mol. The van der Waals surface area contributed by atoms with E-state index in [1.165, 1.54) is 0 Å². The van der Waals surface area contributed by atoms with Crippen molar-refractivity contribution in [2.24, 2.45) is 5.11 Å². The summed E-state index contributed by atoms with van der Waals surface area (Å²) in [7, 11) is 0. The van der Waals surface area contributed by atoms with E-state index >= 15 is 0 Å². The lowest BCUT2D eigenvalue weighted by Gasteiger charge is -2.08. The molecular formula is C8H8ClN3O. The van der Waals surface area contributed by atoms with Crippen LogP contribution in [0.25, 0.3) is 10.4 Å². The molecule has 68 valence electrons. The Morgan fingerprint density at radius 1 is 1.54 bits per heavy atom. The Balaban J connectivity index is 2.81. The quantitative estimate of drug-likeness (QED) is 0.452. The molecule has 1 N–H and O–H groups in total. The third-order valence-corrected chi connectivity index (χ3v) is 1.93. The lowest BCUT2D eigenvalue weighted by Crippen LogP contribution is -2.01. The molecule has 0 aliphatic heterocycles. The van der Waals surface area contributed by atoms with Gasteiger partial charge in [-0.15, -0.1) is 0 Å². The van der Waals surface area contributed by atoms with Gasteiger partial charge >= 0.3 is 0 Å². The minimum Gasteiger partial charge on any atom is -0.388 e. The number of aliphatic hydroxyl groups is 1. The highest BCUT2D eigenvalue weighted by Gasteiger charge is 2.08. The molecule has 0 aliphatic rings. The number of benzene rings is 1. The van der Waals surface area contributed by atoms with Crippen LogP contribution in [0, 0.1) is 0 Å². The first-order chi connectivity index (χ1) is 6.25. The SMILES string of the molecule is [N-]=[N+]=NC[C@H](O)c1ccccc1Cl. The molecule has 0 spiro atoms. The summed E-state index contributed by atoms with van der Waals surface area (Å²) in [5, 5.41) is 13.2. The van der Waals surface area contributed by atoms with Crippen LogP contribution in [0.4, 0.5) is 0 Å². The minimum absolute atomic E-state index is 0.000231. The van der Waals surface area contributed by atoms with Crippen molar-refractivity contribution >= 4 is 11.6 Å². The first-order valence-corrected chi connectivity index (χ1v) is 4.07. The summed E-state index contributed by atoms with van der Waals surface area (Å²) < 4.78 is 0. The van der Waals surface area contributed by atoms with Gasteiger partial charge in [-0.2, -0.15) is 0 Å². The number of nitrogens with zero attached hydrogens (tertiary/aromatic N) is 3. The van der Waals surface area contributed by atoms with Gasteiger partial charge in [0, 0.05) is 9.93 Å². The van der Waals surface area contributed by atoms with E-state index in [2.05, 4.69) is 10.0 Å². The van der Waals surface area contributed by atoms with Crippen molar-refractivity contribution in [3.63, 3.8) is 0 Å². The van der Waals surface area contributed by atoms with E-state index in [0.717, 1.165) is 0 Å². The van der Waals surface area contributed by atoms with Crippen LogP contribution in [0.2, 0.25) is 5.02 Å². The molecule has 0 saturated carbocycles. The van der Waals surface area contributed by atoms with Crippen molar-refractivity contribution in [2.75, 3.05) is 6.54 Å². The van der Waals surface area contributed by atoms with Crippen LogP contribution in [-0.2, 0) is 0 Å². The van der Waals surface area contributed by atoms with Crippen LogP contribution in [0.5, 0.6) is 0 Å². The van der Waals surface area contributed by atoms with Crippen molar-refractivity contribution in [3.05, 3.63) is 45.3 Å². The third kappa shape index (κ3) is 2.63. The fourth-order valence-electron chi connectivity index (χ4n) is 0.958. The Labute approximate surface area is 80.4 Å². The van der Waals surface area contributed by atoms with Gasteiger partial charge in [0.1, 0.15) is 0 Å². The molecule has 0 heterocycles. The Morgan fingerprint density at radius 2 is 2.23 bits per heavy atom. The fourth-order valence-corrected chi connectivity index (χ4v) is 1.22. The topological polar surface area (TPSA) is 69.0 Å². The monoisotopic (exact) mass is 197 g/mol. The summed E-state index contributed by atoms with van der Waals surface area (Å²) in [4.78, 5) is 2.55. The summed E-state index contributed by atoms with van der Waals surface area (Å²) >= 11 is 5.80. The molecule has 0 fully saturated rings. The Kier molecular flexibility index (Phi) is 3.58. The largest absolute Gasteiger partial charge is 0.388 e. The smallest absolute Gasteiger partial charge is 0.0860 e.